The van der Waals surface area contributed by atoms with Crippen molar-refractivity contribution >= 4 is 0 Å². The molecule has 1 aromatic rings. The van der Waals surface area contributed by atoms with E-state index in [1.165, 1.54) is 29.5 Å². The maximum atomic E-state index is 5.62. The Balaban J connectivity index is 1.91. The van der Waals surface area contributed by atoms with Crippen molar-refractivity contribution < 1.29 is 4.74 Å². The Morgan fingerprint density at radius 2 is 2.00 bits per heavy atom. The lowest BCUT2D eigenvalue weighted by atomic mass is 10.0. The molecule has 2 unspecified atom stereocenters. The molecule has 2 rings (SSSR count). The van der Waals surface area contributed by atoms with Crippen molar-refractivity contribution in [2.45, 2.75) is 45.8 Å². The van der Waals surface area contributed by atoms with E-state index in [0.717, 1.165) is 13.2 Å². The minimum Gasteiger partial charge on any atom is -0.377 e. The van der Waals surface area contributed by atoms with Crippen LogP contribution >= 0.6 is 0 Å². The largest absolute Gasteiger partial charge is 0.377 e. The summed E-state index contributed by atoms with van der Waals surface area (Å²) in [5.74, 6) is 0. The van der Waals surface area contributed by atoms with Crippen molar-refractivity contribution in [3.05, 3.63) is 34.9 Å². The fraction of sp³-hybridized carbons (Fsp3) is 0.600. The van der Waals surface area contributed by atoms with E-state index in [-0.39, 0.29) is 0 Å². The van der Waals surface area contributed by atoms with Crippen LogP contribution in [-0.2, 0) is 4.74 Å². The number of hydrogen-bond acceptors (Lipinski definition) is 2. The van der Waals surface area contributed by atoms with Crippen molar-refractivity contribution in [2.24, 2.45) is 0 Å². The van der Waals surface area contributed by atoms with E-state index in [1.54, 1.807) is 0 Å². The Hall–Kier alpha value is -0.860. The molecule has 1 N–H and O–H groups in total. The third-order valence-electron chi connectivity index (χ3n) is 3.42. The number of ether oxygens (including phenoxy) is 1. The van der Waals surface area contributed by atoms with Gasteiger partial charge in [0.15, 0.2) is 0 Å². The standard InChI is InChI=1S/C15H23NO/c1-11-7-12(2)9-14(8-11)13(3)16-10-15-5-4-6-17-15/h7-9,13,15-16H,4-6,10H2,1-3H3. The van der Waals surface area contributed by atoms with Gasteiger partial charge in [0.05, 0.1) is 6.10 Å². The molecule has 0 saturated carbocycles. The average molecular weight is 233 g/mol. The van der Waals surface area contributed by atoms with E-state index in [0.29, 0.717) is 12.1 Å². The van der Waals surface area contributed by atoms with E-state index in [2.05, 4.69) is 44.3 Å². The molecule has 0 radical (unpaired) electrons. The van der Waals surface area contributed by atoms with Gasteiger partial charge in [0.2, 0.25) is 0 Å². The van der Waals surface area contributed by atoms with Crippen molar-refractivity contribution in [3.63, 3.8) is 0 Å². The van der Waals surface area contributed by atoms with E-state index in [4.69, 9.17) is 4.74 Å². The Morgan fingerprint density at radius 1 is 1.29 bits per heavy atom. The lowest BCUT2D eigenvalue weighted by Crippen LogP contribution is -2.28. The average Bonchev–Trinajstić information content (AvgIpc) is 2.77. The SMILES string of the molecule is Cc1cc(C)cc(C(C)NCC2CCCO2)c1. The van der Waals surface area contributed by atoms with Crippen LogP contribution in [0.2, 0.25) is 0 Å². The third kappa shape index (κ3) is 3.55. The van der Waals surface area contributed by atoms with Crippen LogP contribution in [-0.4, -0.2) is 19.3 Å². The molecule has 2 atom stereocenters. The molecule has 0 amide bonds. The smallest absolute Gasteiger partial charge is 0.0700 e. The molecule has 2 heteroatoms. The van der Waals surface area contributed by atoms with E-state index >= 15 is 0 Å². The Labute approximate surface area is 104 Å². The summed E-state index contributed by atoms with van der Waals surface area (Å²) in [5.41, 5.74) is 4.05. The normalized spacial score (nSPS) is 21.7. The van der Waals surface area contributed by atoms with Crippen molar-refractivity contribution in [3.8, 4) is 0 Å². The van der Waals surface area contributed by atoms with Crippen molar-refractivity contribution in [1.82, 2.24) is 5.32 Å². The van der Waals surface area contributed by atoms with E-state index in [9.17, 15) is 0 Å². The van der Waals surface area contributed by atoms with Gasteiger partial charge in [-0.2, -0.15) is 0 Å². The first-order chi connectivity index (χ1) is 8.15. The molecule has 1 fully saturated rings. The second-order valence-electron chi connectivity index (χ2n) is 5.19. The predicted octanol–water partition coefficient (Wildman–Crippen LogP) is 3.13. The topological polar surface area (TPSA) is 21.3 Å². The van der Waals surface area contributed by atoms with Crippen LogP contribution in [0.4, 0.5) is 0 Å². The van der Waals surface area contributed by atoms with Crippen molar-refractivity contribution in [2.75, 3.05) is 13.2 Å². The molecule has 0 aromatic heterocycles. The highest BCUT2D eigenvalue weighted by Crippen LogP contribution is 2.18. The summed E-state index contributed by atoms with van der Waals surface area (Å²) in [6.07, 6.45) is 2.83. The first-order valence-electron chi connectivity index (χ1n) is 6.58. The first-order valence-corrected chi connectivity index (χ1v) is 6.58. The lowest BCUT2D eigenvalue weighted by molar-refractivity contribution is 0.108. The van der Waals surface area contributed by atoms with Crippen molar-refractivity contribution in [1.29, 1.82) is 0 Å². The van der Waals surface area contributed by atoms with Gasteiger partial charge in [-0.3, -0.25) is 0 Å². The van der Waals surface area contributed by atoms with Crippen LogP contribution in [0.3, 0.4) is 0 Å². The molecular formula is C15H23NO. The number of hydrogen-bond donors (Lipinski definition) is 1. The first kappa shape index (κ1) is 12.6. The molecule has 0 aliphatic carbocycles. The monoisotopic (exact) mass is 233 g/mol. The highest BCUT2D eigenvalue weighted by Gasteiger charge is 2.16. The summed E-state index contributed by atoms with van der Waals surface area (Å²) >= 11 is 0. The zero-order valence-corrected chi connectivity index (χ0v) is 11.1. The number of nitrogens with one attached hydrogen (secondary N) is 1. The van der Waals surface area contributed by atoms with Gasteiger partial charge in [-0.05, 0) is 39.2 Å². The summed E-state index contributed by atoms with van der Waals surface area (Å²) < 4.78 is 5.62. The second kappa shape index (κ2) is 5.65. The fourth-order valence-corrected chi connectivity index (χ4v) is 2.49. The van der Waals surface area contributed by atoms with Crippen LogP contribution in [0.25, 0.3) is 0 Å². The highest BCUT2D eigenvalue weighted by molar-refractivity contribution is 5.30. The van der Waals surface area contributed by atoms with Gasteiger partial charge >= 0.3 is 0 Å². The zero-order valence-electron chi connectivity index (χ0n) is 11.1. The van der Waals surface area contributed by atoms with Gasteiger partial charge in [-0.25, -0.2) is 0 Å². The Bertz CT molecular complexity index is 349. The Kier molecular flexibility index (Phi) is 4.19. The summed E-state index contributed by atoms with van der Waals surface area (Å²) in [7, 11) is 0. The molecule has 2 nitrogen and oxygen atoms in total. The Morgan fingerprint density at radius 3 is 2.59 bits per heavy atom. The molecule has 0 bridgehead atoms. The predicted molar refractivity (Wildman–Crippen MR) is 71.3 cm³/mol. The molecule has 1 aliphatic rings. The minimum absolute atomic E-state index is 0.401. The van der Waals surface area contributed by atoms with Gasteiger partial charge in [0.25, 0.3) is 0 Å². The van der Waals surface area contributed by atoms with Crippen LogP contribution < -0.4 is 5.32 Å². The molecule has 1 aromatic carbocycles. The maximum absolute atomic E-state index is 5.62. The lowest BCUT2D eigenvalue weighted by Gasteiger charge is -2.18. The minimum atomic E-state index is 0.401. The fourth-order valence-electron chi connectivity index (χ4n) is 2.49. The van der Waals surface area contributed by atoms with Crippen LogP contribution in [0.15, 0.2) is 18.2 Å². The summed E-state index contributed by atoms with van der Waals surface area (Å²) in [4.78, 5) is 0. The van der Waals surface area contributed by atoms with Gasteiger partial charge < -0.3 is 10.1 Å². The van der Waals surface area contributed by atoms with Crippen LogP contribution in [0, 0.1) is 13.8 Å². The summed E-state index contributed by atoms with van der Waals surface area (Å²) in [6, 6.07) is 7.15. The molecule has 1 aliphatic heterocycles. The molecule has 1 saturated heterocycles. The quantitative estimate of drug-likeness (QED) is 0.862. The van der Waals surface area contributed by atoms with Gasteiger partial charge in [0.1, 0.15) is 0 Å². The summed E-state index contributed by atoms with van der Waals surface area (Å²) in [6.45, 7) is 8.44. The van der Waals surface area contributed by atoms with E-state index < -0.39 is 0 Å². The number of aryl methyl sites for hydroxylation is 2. The van der Waals surface area contributed by atoms with Gasteiger partial charge in [-0.15, -0.1) is 0 Å². The number of rotatable bonds is 4. The molecular weight excluding hydrogens is 210 g/mol. The third-order valence-corrected chi connectivity index (χ3v) is 3.42. The highest BCUT2D eigenvalue weighted by atomic mass is 16.5. The second-order valence-corrected chi connectivity index (χ2v) is 5.19. The van der Waals surface area contributed by atoms with Crippen LogP contribution in [0.1, 0.15) is 42.5 Å². The maximum Gasteiger partial charge on any atom is 0.0700 e. The number of benzene rings is 1. The zero-order chi connectivity index (χ0) is 12.3. The van der Waals surface area contributed by atoms with Gasteiger partial charge in [-0.1, -0.05) is 29.3 Å². The molecule has 1 heterocycles. The molecule has 0 spiro atoms. The van der Waals surface area contributed by atoms with Crippen LogP contribution in [0.5, 0.6) is 0 Å². The van der Waals surface area contributed by atoms with Gasteiger partial charge in [0, 0.05) is 19.2 Å². The molecule has 94 valence electrons. The molecule has 17 heavy (non-hydrogen) atoms. The van der Waals surface area contributed by atoms with E-state index in [1.807, 2.05) is 0 Å². The summed E-state index contributed by atoms with van der Waals surface area (Å²) in [5, 5.41) is 3.57.